The van der Waals surface area contributed by atoms with Crippen molar-refractivity contribution in [1.82, 2.24) is 9.97 Å². The van der Waals surface area contributed by atoms with Crippen LogP contribution in [0.15, 0.2) is 54.7 Å². The maximum absolute atomic E-state index is 14.8. The third-order valence-electron chi connectivity index (χ3n) is 4.46. The van der Waals surface area contributed by atoms with Crippen LogP contribution in [0.3, 0.4) is 0 Å². The number of hydrogen-bond acceptors (Lipinski definition) is 4. The van der Waals surface area contributed by atoms with Gasteiger partial charge in [0, 0.05) is 6.20 Å². The molecule has 1 aromatic carbocycles. The molecule has 0 fully saturated rings. The number of hydrogen-bond donors (Lipinski definition) is 1. The Kier molecular flexibility index (Phi) is 6.89. The summed E-state index contributed by atoms with van der Waals surface area (Å²) in [6, 6.07) is 10.0. The smallest absolute Gasteiger partial charge is 0.274 e. The Bertz CT molecular complexity index is 1030. The molecule has 0 atom stereocenters. The van der Waals surface area contributed by atoms with Gasteiger partial charge in [-0.2, -0.15) is 0 Å². The number of pyridine rings is 2. The maximum atomic E-state index is 14.8. The van der Waals surface area contributed by atoms with Crippen LogP contribution in [0.2, 0.25) is 0 Å². The molecule has 2 heterocycles. The Morgan fingerprint density at radius 2 is 2.07 bits per heavy atom. The van der Waals surface area contributed by atoms with Crippen LogP contribution in [0.25, 0.3) is 11.0 Å². The van der Waals surface area contributed by atoms with Gasteiger partial charge in [-0.1, -0.05) is 18.2 Å². The van der Waals surface area contributed by atoms with Crippen LogP contribution < -0.4 is 10.1 Å². The van der Waals surface area contributed by atoms with Crippen molar-refractivity contribution in [1.29, 1.82) is 0 Å². The van der Waals surface area contributed by atoms with Gasteiger partial charge in [-0.25, -0.2) is 9.37 Å². The molecule has 0 radical (unpaired) electrons. The highest BCUT2D eigenvalue weighted by molar-refractivity contribution is 6.05. The number of halogens is 1. The molecule has 3 aromatic rings. The molecule has 5 nitrogen and oxygen atoms in total. The van der Waals surface area contributed by atoms with Crippen molar-refractivity contribution in [2.75, 3.05) is 11.9 Å². The van der Waals surface area contributed by atoms with Crippen LogP contribution in [0.1, 0.15) is 42.2 Å². The Balaban J connectivity index is 1.70. The second-order valence-corrected chi connectivity index (χ2v) is 6.68. The van der Waals surface area contributed by atoms with Gasteiger partial charge in [-0.15, -0.1) is 0 Å². The second-order valence-electron chi connectivity index (χ2n) is 6.68. The predicted octanol–water partition coefficient (Wildman–Crippen LogP) is 5.45. The van der Waals surface area contributed by atoms with Gasteiger partial charge in [-0.3, -0.25) is 9.78 Å². The molecule has 0 aliphatic rings. The number of amides is 1. The number of anilines is 1. The van der Waals surface area contributed by atoms with Crippen molar-refractivity contribution in [2.45, 2.75) is 33.1 Å². The number of ether oxygens (including phenoxy) is 1. The van der Waals surface area contributed by atoms with Gasteiger partial charge in [0.25, 0.3) is 5.91 Å². The van der Waals surface area contributed by atoms with Gasteiger partial charge >= 0.3 is 0 Å². The molecule has 3 rings (SSSR count). The van der Waals surface area contributed by atoms with Crippen molar-refractivity contribution >= 4 is 22.6 Å². The molecule has 0 bridgehead atoms. The molecule has 0 aliphatic heterocycles. The second kappa shape index (κ2) is 9.78. The fourth-order valence-corrected chi connectivity index (χ4v) is 2.94. The summed E-state index contributed by atoms with van der Waals surface area (Å²) in [5.41, 5.74) is 2.29. The van der Waals surface area contributed by atoms with E-state index in [4.69, 9.17) is 4.74 Å². The normalized spacial score (nSPS) is 11.1. The summed E-state index contributed by atoms with van der Waals surface area (Å²) < 4.78 is 20.3. The summed E-state index contributed by atoms with van der Waals surface area (Å²) in [7, 11) is 0. The lowest BCUT2D eigenvalue weighted by Gasteiger charge is -2.12. The summed E-state index contributed by atoms with van der Waals surface area (Å²) in [6.07, 6.45) is 8.56. The summed E-state index contributed by atoms with van der Waals surface area (Å²) >= 11 is 0. The number of nitrogens with zero attached hydrogens (tertiary/aromatic N) is 2. The quantitative estimate of drug-likeness (QED) is 0.408. The molecule has 2 aromatic heterocycles. The summed E-state index contributed by atoms with van der Waals surface area (Å²) in [4.78, 5) is 21.3. The van der Waals surface area contributed by atoms with Crippen molar-refractivity contribution in [3.63, 3.8) is 0 Å². The van der Waals surface area contributed by atoms with Crippen LogP contribution in [0.4, 0.5) is 10.1 Å². The number of aromatic nitrogens is 2. The van der Waals surface area contributed by atoms with Crippen LogP contribution in [-0.2, 0) is 0 Å². The molecular formula is C23H24FN3O2. The summed E-state index contributed by atoms with van der Waals surface area (Å²) in [6.45, 7) is 4.18. The molecule has 0 unspecified atom stereocenters. The van der Waals surface area contributed by atoms with Crippen molar-refractivity contribution in [3.8, 4) is 5.75 Å². The third-order valence-corrected chi connectivity index (χ3v) is 4.46. The zero-order valence-corrected chi connectivity index (χ0v) is 16.6. The lowest BCUT2D eigenvalue weighted by Crippen LogP contribution is -2.16. The van der Waals surface area contributed by atoms with Crippen molar-refractivity contribution < 1.29 is 13.9 Å². The fraction of sp³-hybridized carbons (Fsp3) is 0.261. The number of allylic oxidation sites excluding steroid dienone is 2. The Hall–Kier alpha value is -3.28. The minimum atomic E-state index is -0.589. The standard InChI is InChI=1S/C23H24FN3O2/c1-3-4-5-6-7-14-29-20-12-8-10-18(21(20)24)27-23(28)22-16(2)15-19-17(26-22)11-9-13-25-19/h3-4,8-13,15H,5-7,14H2,1-2H3,(H,27,28). The summed E-state index contributed by atoms with van der Waals surface area (Å²) in [5.74, 6) is -0.939. The van der Waals surface area contributed by atoms with E-state index in [9.17, 15) is 9.18 Å². The van der Waals surface area contributed by atoms with Gasteiger partial charge in [0.15, 0.2) is 11.6 Å². The van der Waals surface area contributed by atoms with Gasteiger partial charge in [0.1, 0.15) is 5.69 Å². The van der Waals surface area contributed by atoms with Crippen LogP contribution >= 0.6 is 0 Å². The topological polar surface area (TPSA) is 64.1 Å². The van der Waals surface area contributed by atoms with E-state index in [0.29, 0.717) is 23.2 Å². The highest BCUT2D eigenvalue weighted by atomic mass is 19.1. The van der Waals surface area contributed by atoms with E-state index < -0.39 is 11.7 Å². The number of carbonyl (C=O) groups is 1. The molecular weight excluding hydrogens is 369 g/mol. The molecule has 0 aliphatic carbocycles. The lowest BCUT2D eigenvalue weighted by atomic mass is 10.1. The molecule has 29 heavy (non-hydrogen) atoms. The molecule has 0 saturated carbocycles. The molecule has 0 saturated heterocycles. The zero-order valence-electron chi connectivity index (χ0n) is 16.6. The molecule has 150 valence electrons. The predicted molar refractivity (Wildman–Crippen MR) is 113 cm³/mol. The zero-order chi connectivity index (χ0) is 20.6. The molecule has 0 spiro atoms. The Morgan fingerprint density at radius 3 is 2.90 bits per heavy atom. The summed E-state index contributed by atoms with van der Waals surface area (Å²) in [5, 5.41) is 2.60. The van der Waals surface area contributed by atoms with E-state index >= 15 is 0 Å². The number of unbranched alkanes of at least 4 members (excludes halogenated alkanes) is 2. The number of fused-ring (bicyclic) bond motifs is 1. The molecule has 1 N–H and O–H groups in total. The Morgan fingerprint density at radius 1 is 1.21 bits per heavy atom. The lowest BCUT2D eigenvalue weighted by molar-refractivity contribution is 0.102. The highest BCUT2D eigenvalue weighted by Crippen LogP contribution is 2.25. The fourth-order valence-electron chi connectivity index (χ4n) is 2.94. The number of aryl methyl sites for hydroxylation is 1. The number of carbonyl (C=O) groups excluding carboxylic acids is 1. The van der Waals surface area contributed by atoms with Crippen molar-refractivity contribution in [3.05, 3.63) is 71.8 Å². The monoisotopic (exact) mass is 393 g/mol. The van der Waals surface area contributed by atoms with Crippen LogP contribution in [0.5, 0.6) is 5.75 Å². The van der Waals surface area contributed by atoms with Gasteiger partial charge < -0.3 is 10.1 Å². The third kappa shape index (κ3) is 5.16. The van der Waals surface area contributed by atoms with Gasteiger partial charge in [0.2, 0.25) is 0 Å². The van der Waals surface area contributed by atoms with E-state index in [1.165, 1.54) is 6.07 Å². The SMILES string of the molecule is CC=CCCCCOc1cccc(NC(=O)c2nc3cccnc3cc2C)c1F. The van der Waals surface area contributed by atoms with Gasteiger partial charge in [0.05, 0.1) is 23.3 Å². The maximum Gasteiger partial charge on any atom is 0.274 e. The largest absolute Gasteiger partial charge is 0.490 e. The minimum Gasteiger partial charge on any atom is -0.490 e. The average Bonchev–Trinajstić information content (AvgIpc) is 2.72. The molecule has 6 heteroatoms. The number of rotatable bonds is 8. The van der Waals surface area contributed by atoms with Crippen LogP contribution in [0, 0.1) is 12.7 Å². The Labute approximate surface area is 169 Å². The van der Waals surface area contributed by atoms with Gasteiger partial charge in [-0.05, 0) is 69.0 Å². The van der Waals surface area contributed by atoms with E-state index in [2.05, 4.69) is 21.4 Å². The van der Waals surface area contributed by atoms with E-state index in [1.807, 2.05) is 13.0 Å². The first kappa shape index (κ1) is 20.5. The van der Waals surface area contributed by atoms with E-state index in [-0.39, 0.29) is 17.1 Å². The average molecular weight is 393 g/mol. The van der Waals surface area contributed by atoms with E-state index in [1.54, 1.807) is 43.5 Å². The number of benzene rings is 1. The highest BCUT2D eigenvalue weighted by Gasteiger charge is 2.16. The number of nitrogens with one attached hydrogen (secondary N) is 1. The van der Waals surface area contributed by atoms with Crippen LogP contribution in [-0.4, -0.2) is 22.5 Å². The first-order valence-corrected chi connectivity index (χ1v) is 9.66. The van der Waals surface area contributed by atoms with E-state index in [0.717, 1.165) is 19.3 Å². The minimum absolute atomic E-state index is 0.0638. The first-order valence-electron chi connectivity index (χ1n) is 9.66. The molecule has 1 amide bonds. The first-order chi connectivity index (χ1) is 14.1. The van der Waals surface area contributed by atoms with Crippen molar-refractivity contribution in [2.24, 2.45) is 0 Å².